The fourth-order valence-corrected chi connectivity index (χ4v) is 4.91. The average Bonchev–Trinajstić information content (AvgIpc) is 2.94. The third-order valence-electron chi connectivity index (χ3n) is 6.57. The monoisotopic (exact) mass is 540 g/mol. The zero-order valence-electron chi connectivity index (χ0n) is 22.2. The van der Waals surface area contributed by atoms with E-state index in [9.17, 15) is 24.9 Å². The Morgan fingerprint density at radius 3 is 1.48 bits per heavy atom. The number of para-hydroxylation sites is 2. The minimum atomic E-state index is -1.04. The van der Waals surface area contributed by atoms with Crippen molar-refractivity contribution in [3.8, 4) is 11.5 Å². The van der Waals surface area contributed by atoms with Gasteiger partial charge in [0, 0.05) is 36.6 Å². The molecule has 2 heterocycles. The first-order valence-electron chi connectivity index (χ1n) is 12.9. The second kappa shape index (κ2) is 13.5. The average molecular weight is 541 g/mol. The van der Waals surface area contributed by atoms with Crippen LogP contribution in [-0.4, -0.2) is 73.0 Å². The van der Waals surface area contributed by atoms with E-state index in [-0.39, 0.29) is 43.5 Å². The molecule has 2 aromatic carbocycles. The van der Waals surface area contributed by atoms with E-state index in [1.54, 1.807) is 78.0 Å². The van der Waals surface area contributed by atoms with Crippen molar-refractivity contribution in [2.24, 2.45) is 0 Å². The maximum Gasteiger partial charge on any atom is 0.317 e. The van der Waals surface area contributed by atoms with Gasteiger partial charge in [0.1, 0.15) is 17.3 Å². The lowest BCUT2D eigenvalue weighted by molar-refractivity contribution is -0.139. The number of carboxylic acids is 1. The van der Waals surface area contributed by atoms with Gasteiger partial charge in [-0.25, -0.2) is 0 Å². The third kappa shape index (κ3) is 7.07. The molecule has 4 rings (SSSR count). The summed E-state index contributed by atoms with van der Waals surface area (Å²) in [7, 11) is 0. The fraction of sp³-hybridized carbons (Fsp3) is 0.226. The number of aromatic nitrogens is 2. The van der Waals surface area contributed by atoms with E-state index >= 15 is 0 Å². The molecular weight excluding hydrogens is 508 g/mol. The van der Waals surface area contributed by atoms with Crippen LogP contribution >= 0.6 is 0 Å². The van der Waals surface area contributed by atoms with Gasteiger partial charge in [0.2, 0.25) is 0 Å². The van der Waals surface area contributed by atoms with E-state index in [1.807, 2.05) is 29.2 Å². The van der Waals surface area contributed by atoms with Gasteiger partial charge in [0.15, 0.2) is 0 Å². The van der Waals surface area contributed by atoms with Crippen molar-refractivity contribution in [1.29, 1.82) is 0 Å². The molecule has 0 aliphatic carbocycles. The quantitative estimate of drug-likeness (QED) is 0.230. The van der Waals surface area contributed by atoms with Crippen molar-refractivity contribution in [3.05, 3.63) is 120 Å². The molecule has 0 amide bonds. The maximum atomic E-state index is 12.5. The van der Waals surface area contributed by atoms with E-state index < -0.39 is 18.1 Å². The summed E-state index contributed by atoms with van der Waals surface area (Å²) in [6.45, 7) is 1.64. The van der Waals surface area contributed by atoms with E-state index in [1.165, 1.54) is 6.92 Å². The van der Waals surface area contributed by atoms with Crippen molar-refractivity contribution in [2.75, 3.05) is 26.2 Å². The number of carbonyl (C=O) groups excluding carboxylic acids is 1. The van der Waals surface area contributed by atoms with Crippen molar-refractivity contribution >= 4 is 11.8 Å². The highest BCUT2D eigenvalue weighted by Gasteiger charge is 2.31. The molecule has 0 bridgehead atoms. The van der Waals surface area contributed by atoms with Gasteiger partial charge in [-0.05, 0) is 43.3 Å². The highest BCUT2D eigenvalue weighted by Crippen LogP contribution is 2.35. The van der Waals surface area contributed by atoms with Crippen LogP contribution < -0.4 is 0 Å². The largest absolute Gasteiger partial charge is 0.508 e. The number of nitrogens with zero attached hydrogens (tertiary/aromatic N) is 4. The SMILES string of the molecule is CC(=O)CN(CCN(CC(=O)O)C(c1ccccn1)c1ccccc1O)[C@H](c1ccccn1)c1ccccc1O. The molecule has 9 nitrogen and oxygen atoms in total. The molecule has 40 heavy (non-hydrogen) atoms. The first-order chi connectivity index (χ1) is 19.3. The van der Waals surface area contributed by atoms with E-state index in [2.05, 4.69) is 9.97 Å². The Bertz CT molecular complexity index is 1310. The molecule has 9 heteroatoms. The molecule has 0 aliphatic rings. The maximum absolute atomic E-state index is 12.5. The number of hydrogen-bond acceptors (Lipinski definition) is 8. The van der Waals surface area contributed by atoms with Crippen LogP contribution in [0.5, 0.6) is 11.5 Å². The molecule has 0 aliphatic heterocycles. The van der Waals surface area contributed by atoms with Crippen LogP contribution in [-0.2, 0) is 9.59 Å². The first-order valence-corrected chi connectivity index (χ1v) is 12.9. The van der Waals surface area contributed by atoms with Gasteiger partial charge in [-0.2, -0.15) is 0 Å². The summed E-state index contributed by atoms with van der Waals surface area (Å²) in [5.41, 5.74) is 2.30. The van der Waals surface area contributed by atoms with Gasteiger partial charge in [-0.15, -0.1) is 0 Å². The second-order valence-corrected chi connectivity index (χ2v) is 9.47. The van der Waals surface area contributed by atoms with Crippen molar-refractivity contribution in [1.82, 2.24) is 19.8 Å². The molecular formula is C31H32N4O5. The molecule has 1 unspecified atom stereocenters. The predicted octanol–water partition coefficient (Wildman–Crippen LogP) is 4.04. The van der Waals surface area contributed by atoms with E-state index in [4.69, 9.17) is 0 Å². The standard InChI is InChI=1S/C31H32N4O5/c1-22(36)20-34(30(25-12-6-8-16-32-25)23-10-2-4-14-27(23)37)18-19-35(21-29(39)40)31(26-13-7-9-17-33-26)24-11-3-5-15-28(24)38/h2-17,30-31,37-38H,18-21H2,1H3,(H,39,40)/t30-,31?/m0/s1. The van der Waals surface area contributed by atoms with Crippen LogP contribution in [0.4, 0.5) is 0 Å². The summed E-state index contributed by atoms with van der Waals surface area (Å²) in [5, 5.41) is 31.4. The number of phenols is 2. The number of phenolic OH excluding ortho intramolecular Hbond substituents is 2. The summed E-state index contributed by atoms with van der Waals surface area (Å²) in [4.78, 5) is 37.2. The number of carbonyl (C=O) groups is 2. The number of Topliss-reactive ketones (excluding diaryl/α,β-unsaturated/α-hetero) is 1. The summed E-state index contributed by atoms with van der Waals surface area (Å²) in [6.07, 6.45) is 3.28. The Labute approximate surface area is 233 Å². The second-order valence-electron chi connectivity index (χ2n) is 9.47. The highest BCUT2D eigenvalue weighted by atomic mass is 16.4. The number of hydrogen-bond donors (Lipinski definition) is 3. The molecule has 2 aromatic heterocycles. The first kappa shape index (κ1) is 28.4. The Morgan fingerprint density at radius 1 is 0.675 bits per heavy atom. The number of rotatable bonds is 13. The van der Waals surface area contributed by atoms with Gasteiger partial charge in [-0.1, -0.05) is 48.5 Å². The van der Waals surface area contributed by atoms with Crippen LogP contribution in [0.1, 0.15) is 41.5 Å². The molecule has 4 aromatic rings. The minimum absolute atomic E-state index is 0.0229. The minimum Gasteiger partial charge on any atom is -0.508 e. The molecule has 206 valence electrons. The summed E-state index contributed by atoms with van der Waals surface area (Å²) in [5.74, 6) is -1.05. The van der Waals surface area contributed by atoms with Crippen LogP contribution in [0.15, 0.2) is 97.3 Å². The number of carboxylic acid groups (broad SMARTS) is 1. The van der Waals surface area contributed by atoms with Crippen LogP contribution in [0.3, 0.4) is 0 Å². The lowest BCUT2D eigenvalue weighted by Crippen LogP contribution is -2.43. The van der Waals surface area contributed by atoms with Crippen LogP contribution in [0, 0.1) is 0 Å². The molecule has 0 saturated carbocycles. The summed E-state index contributed by atoms with van der Waals surface area (Å²) < 4.78 is 0. The lowest BCUT2D eigenvalue weighted by Gasteiger charge is -2.36. The van der Waals surface area contributed by atoms with E-state index in [0.29, 0.717) is 22.5 Å². The summed E-state index contributed by atoms with van der Waals surface area (Å²) >= 11 is 0. The van der Waals surface area contributed by atoms with Crippen molar-refractivity contribution in [3.63, 3.8) is 0 Å². The lowest BCUT2D eigenvalue weighted by atomic mass is 9.98. The smallest absolute Gasteiger partial charge is 0.317 e. The molecule has 0 fully saturated rings. The number of benzene rings is 2. The molecule has 0 radical (unpaired) electrons. The Morgan fingerprint density at radius 2 is 1.10 bits per heavy atom. The van der Waals surface area contributed by atoms with Crippen molar-refractivity contribution in [2.45, 2.75) is 19.0 Å². The van der Waals surface area contributed by atoms with Crippen LogP contribution in [0.25, 0.3) is 0 Å². The number of ketones is 1. The van der Waals surface area contributed by atoms with Gasteiger partial charge < -0.3 is 15.3 Å². The number of aliphatic carboxylic acids is 1. The predicted molar refractivity (Wildman–Crippen MR) is 150 cm³/mol. The van der Waals surface area contributed by atoms with Gasteiger partial charge in [0.05, 0.1) is 36.6 Å². The number of aromatic hydroxyl groups is 2. The molecule has 0 saturated heterocycles. The Hall–Kier alpha value is -4.60. The zero-order valence-corrected chi connectivity index (χ0v) is 22.2. The Balaban J connectivity index is 1.76. The normalized spacial score (nSPS) is 12.8. The third-order valence-corrected chi connectivity index (χ3v) is 6.57. The van der Waals surface area contributed by atoms with Crippen molar-refractivity contribution < 1.29 is 24.9 Å². The molecule has 2 atom stereocenters. The number of pyridine rings is 2. The van der Waals surface area contributed by atoms with Gasteiger partial charge >= 0.3 is 5.97 Å². The van der Waals surface area contributed by atoms with Crippen LogP contribution in [0.2, 0.25) is 0 Å². The van der Waals surface area contributed by atoms with Gasteiger partial charge in [-0.3, -0.25) is 29.4 Å². The van der Waals surface area contributed by atoms with E-state index in [0.717, 1.165) is 0 Å². The fourth-order valence-electron chi connectivity index (χ4n) is 4.91. The van der Waals surface area contributed by atoms with Gasteiger partial charge in [0.25, 0.3) is 0 Å². The highest BCUT2D eigenvalue weighted by molar-refractivity contribution is 5.77. The Kier molecular flexibility index (Phi) is 9.56. The molecule has 0 spiro atoms. The zero-order chi connectivity index (χ0) is 28.5. The summed E-state index contributed by atoms with van der Waals surface area (Å²) in [6, 6.07) is 23.3. The topological polar surface area (TPSA) is 127 Å². The molecule has 3 N–H and O–H groups in total.